The van der Waals surface area contributed by atoms with Crippen LogP contribution in [0.4, 0.5) is 15.8 Å². The predicted molar refractivity (Wildman–Crippen MR) is 485 cm³/mol. The molecule has 0 amide bonds. The van der Waals surface area contributed by atoms with Crippen molar-refractivity contribution < 1.29 is 109 Å². The van der Waals surface area contributed by atoms with E-state index in [1.807, 2.05) is 42.5 Å². The molecule has 5 saturated heterocycles. The van der Waals surface area contributed by atoms with E-state index in [1.54, 1.807) is 62.4 Å². The molecule has 0 bridgehead atoms. The number of anilines is 2. The van der Waals surface area contributed by atoms with Crippen molar-refractivity contribution in [2.75, 3.05) is 43.5 Å². The summed E-state index contributed by atoms with van der Waals surface area (Å²) in [6.45, 7) is 7.46. The molecule has 8 aromatic rings. The van der Waals surface area contributed by atoms with Gasteiger partial charge in [-0.15, -0.1) is 0 Å². The molecule has 29 heteroatoms. The molecular formula is C100H118Cl4FN3O21. The number of nitrogens with one attached hydrogen (secondary N) is 3. The Hall–Kier alpha value is -7.07. The molecule has 0 aromatic heterocycles. The molecule has 9 aliphatic heterocycles. The van der Waals surface area contributed by atoms with Gasteiger partial charge in [0, 0.05) is 33.1 Å². The quantitative estimate of drug-likeness (QED) is 0.0481. The fraction of sp³-hybridized carbons (Fsp3) is 0.520. The van der Waals surface area contributed by atoms with Crippen molar-refractivity contribution in [1.29, 1.82) is 0 Å². The van der Waals surface area contributed by atoms with Crippen molar-refractivity contribution in [1.82, 2.24) is 5.32 Å². The minimum atomic E-state index is -1.49. The van der Waals surface area contributed by atoms with Gasteiger partial charge < -0.3 is 120 Å². The predicted octanol–water partition coefficient (Wildman–Crippen LogP) is 12.4. The normalized spacial score (nSPS) is 31.9. The van der Waals surface area contributed by atoms with Crippen LogP contribution < -0.4 is 34.9 Å². The van der Waals surface area contributed by atoms with Crippen LogP contribution in [0.5, 0.6) is 23.0 Å². The van der Waals surface area contributed by atoms with Gasteiger partial charge in [-0.2, -0.15) is 0 Å². The summed E-state index contributed by atoms with van der Waals surface area (Å²) in [5.41, 5.74) is 14.8. The van der Waals surface area contributed by atoms with E-state index in [2.05, 4.69) is 70.5 Å². The third-order valence-electron chi connectivity index (χ3n) is 28.5. The molecule has 3 aliphatic carbocycles. The van der Waals surface area contributed by atoms with Gasteiger partial charge in [0.15, 0.2) is 0 Å². The second-order valence-electron chi connectivity index (χ2n) is 37.8. The molecular weight excluding hydrogens is 1740 g/mol. The van der Waals surface area contributed by atoms with Gasteiger partial charge in [0.25, 0.3) is 0 Å². The number of aliphatic hydroxyl groups excluding tert-OH is 13. The average molecular weight is 1860 g/mol. The van der Waals surface area contributed by atoms with Gasteiger partial charge in [0.1, 0.15) is 162 Å². The van der Waals surface area contributed by atoms with Crippen molar-refractivity contribution >= 4 is 57.8 Å². The van der Waals surface area contributed by atoms with E-state index < -0.39 is 135 Å². The number of rotatable bonds is 14. The summed E-state index contributed by atoms with van der Waals surface area (Å²) in [6.07, 6.45) is -4.36. The monoisotopic (exact) mass is 1860 g/mol. The summed E-state index contributed by atoms with van der Waals surface area (Å²) in [5.74, 6) is 3.73. The van der Waals surface area contributed by atoms with Crippen molar-refractivity contribution in [2.24, 2.45) is 0 Å². The molecule has 694 valence electrons. The first-order valence-corrected chi connectivity index (χ1v) is 47.0. The molecule has 12 aliphatic rings. The molecule has 4 spiro atoms. The van der Waals surface area contributed by atoms with Crippen LogP contribution in [0.25, 0.3) is 0 Å². The van der Waals surface area contributed by atoms with Gasteiger partial charge in [-0.1, -0.05) is 131 Å². The van der Waals surface area contributed by atoms with Crippen LogP contribution in [-0.4, -0.2) is 225 Å². The number of aryl methyl sites for hydroxylation is 2. The van der Waals surface area contributed by atoms with Crippen LogP contribution in [0.1, 0.15) is 207 Å². The molecule has 16 N–H and O–H groups in total. The lowest BCUT2D eigenvalue weighted by Crippen LogP contribution is -2.57. The van der Waals surface area contributed by atoms with E-state index in [0.717, 1.165) is 187 Å². The van der Waals surface area contributed by atoms with E-state index in [0.29, 0.717) is 56.9 Å². The molecule has 3 saturated carbocycles. The van der Waals surface area contributed by atoms with Crippen LogP contribution in [0.15, 0.2) is 146 Å². The Labute approximate surface area is 770 Å². The summed E-state index contributed by atoms with van der Waals surface area (Å²) in [6, 6.07) is 46.4. The number of halogens is 5. The topological polar surface area (TPSA) is 373 Å². The lowest BCUT2D eigenvalue weighted by molar-refractivity contribution is -0.243. The summed E-state index contributed by atoms with van der Waals surface area (Å²) < 4.78 is 61.5. The summed E-state index contributed by atoms with van der Waals surface area (Å²) in [5, 5.41) is 145. The van der Waals surface area contributed by atoms with Gasteiger partial charge in [-0.05, 0) is 281 Å². The van der Waals surface area contributed by atoms with Crippen molar-refractivity contribution in [3.05, 3.63) is 244 Å². The zero-order valence-electron chi connectivity index (χ0n) is 72.4. The second-order valence-corrected chi connectivity index (χ2v) is 39.4. The fourth-order valence-corrected chi connectivity index (χ4v) is 21.2. The van der Waals surface area contributed by atoms with E-state index in [1.165, 1.54) is 43.7 Å². The SMILES string of the molecule is CC(O)[C@H]1O[C@@H](c2ccc(Cl)c(Cc3ccc4c(c3)NCC3(CC3)O4)c2)[C@H](O)[C@@H](O)[C@@H]1O.C[C@H]1O[C@@H](c2ccc(Cl)c(Cc3ccc4c(c3)CCC3(CCNC3)O4)c2)[C@H](O)[C@@H](O)[C@@H]1O.C[C@H]1O[C@@H](c2ccc(Cl)c(Cc3ccc4c(c3)NCC3(CCCC3)O4)c2)[C@H](O)[C@@H](O)[C@@H]1O.O[C@@H]1[C@@H](O)[C@H](c2ccc(Cl)c(Cc3ccc4c(c3)CCC3(CCCC3)O4)c2)O[C@H](CF)[C@H]1O. The maximum atomic E-state index is 13.3. The Morgan fingerprint density at radius 1 is 0.357 bits per heavy atom. The number of fused-ring (bicyclic) bond motifs is 4. The highest BCUT2D eigenvalue weighted by Gasteiger charge is 2.51. The van der Waals surface area contributed by atoms with Crippen LogP contribution in [0.3, 0.4) is 0 Å². The minimum absolute atomic E-state index is 0.0188. The van der Waals surface area contributed by atoms with E-state index in [9.17, 15) is 70.8 Å². The van der Waals surface area contributed by atoms with Gasteiger partial charge in [0.2, 0.25) is 0 Å². The summed E-state index contributed by atoms with van der Waals surface area (Å²) in [4.78, 5) is 0. The van der Waals surface area contributed by atoms with Gasteiger partial charge in [-0.3, -0.25) is 0 Å². The molecule has 9 heterocycles. The zero-order valence-corrected chi connectivity index (χ0v) is 75.4. The Balaban J connectivity index is 0.000000121. The number of benzene rings is 8. The molecule has 0 radical (unpaired) electrons. The van der Waals surface area contributed by atoms with Gasteiger partial charge in [0.05, 0.1) is 42.8 Å². The van der Waals surface area contributed by atoms with Crippen molar-refractivity contribution in [3.63, 3.8) is 0 Å². The van der Waals surface area contributed by atoms with Gasteiger partial charge >= 0.3 is 0 Å². The number of hydrogen-bond donors (Lipinski definition) is 16. The zero-order chi connectivity index (χ0) is 90.7. The van der Waals surface area contributed by atoms with Crippen LogP contribution in [0.2, 0.25) is 20.1 Å². The van der Waals surface area contributed by atoms with Crippen LogP contribution in [0, 0.1) is 0 Å². The second kappa shape index (κ2) is 39.1. The highest BCUT2D eigenvalue weighted by atomic mass is 35.5. The lowest BCUT2D eigenvalue weighted by Gasteiger charge is -2.42. The highest BCUT2D eigenvalue weighted by molar-refractivity contribution is 6.32. The first-order valence-electron chi connectivity index (χ1n) is 45.5. The Morgan fingerprint density at radius 3 is 1.09 bits per heavy atom. The number of aliphatic hydroxyl groups is 13. The molecule has 24 nitrogen and oxygen atoms in total. The molecule has 129 heavy (non-hydrogen) atoms. The maximum Gasteiger partial charge on any atom is 0.143 e. The highest BCUT2D eigenvalue weighted by Crippen LogP contribution is 2.50. The fourth-order valence-electron chi connectivity index (χ4n) is 20.5. The van der Waals surface area contributed by atoms with Crippen molar-refractivity contribution in [3.8, 4) is 23.0 Å². The summed E-state index contributed by atoms with van der Waals surface area (Å²) in [7, 11) is 0. The third-order valence-corrected chi connectivity index (χ3v) is 29.9. The van der Waals surface area contributed by atoms with E-state index in [4.69, 9.17) is 84.3 Å². The lowest BCUT2D eigenvalue weighted by atomic mass is 9.88. The summed E-state index contributed by atoms with van der Waals surface area (Å²) >= 11 is 25.9. The molecule has 2 unspecified atom stereocenters. The Bertz CT molecular complexity index is 5130. The molecule has 22 atom stereocenters. The molecule has 8 fully saturated rings. The maximum absolute atomic E-state index is 13.3. The first-order chi connectivity index (χ1) is 61.8. The number of alkyl halides is 1. The third kappa shape index (κ3) is 20.2. The molecule has 20 rings (SSSR count). The first kappa shape index (κ1) is 93.7. The standard InChI is InChI=1S/C26H30ClFO5.2C25H30ClNO5.C24H28ClNO6/c27-19-5-4-17(25-24(31)23(30)22(29)21(14-28)32-25)13-18(19)12-15-3-6-20-16(11-15)7-10-26(33-20)8-1-2-9-26;1-14-21(28)22(29)23(30)24(31-14)17-3-4-19(26)18(12-17)11-15-2-5-20-16(10-15)6-7-25(32-20)8-9-27-13-25;1-14-21(28)22(29)23(30)24(31-14)16-5-6-18(26)17(12-16)10-15-4-7-20-19(11-15)27-13-25(32-20)8-2-3-9-25;1-12(27)22-20(29)19(28)21(30)23(31-22)14-3-4-16(25)15(10-14)8-13-2-5-18-17(9-13)26-11-24(32-18)6-7-24/h3-6,11,13,21-25,29-31H,1-2,7-10,12,14H2;2-5,10,12,14,21-24,27-30H,6-9,11,13H2,1H3;4-7,11-12,14,21-24,27-30H,2-3,8-10,13H2,1H3;2-5,9-10,12,19-23,26-30H,6-8,11H2,1H3/t21-,22-,23+,24-,25+;14-,21-,22+,23-,24+,25?;14-,21-,22+,23-,24+;12?,19-,20-,21+,22+,23-/m1110/s1. The molecule has 8 aromatic carbocycles. The average Bonchev–Trinajstić information content (AvgIpc) is 1.58. The van der Waals surface area contributed by atoms with Crippen molar-refractivity contribution in [2.45, 2.75) is 293 Å². The number of ether oxygens (including phenoxy) is 8. The van der Waals surface area contributed by atoms with Crippen LogP contribution in [-0.2, 0) is 57.5 Å². The number of hydrogen-bond acceptors (Lipinski definition) is 24. The largest absolute Gasteiger partial charge is 0.487 e. The van der Waals surface area contributed by atoms with Gasteiger partial charge in [-0.25, -0.2) is 4.39 Å². The Kier molecular flexibility index (Phi) is 28.4. The Morgan fingerprint density at radius 2 is 0.698 bits per heavy atom. The smallest absolute Gasteiger partial charge is 0.143 e. The van der Waals surface area contributed by atoms with E-state index >= 15 is 0 Å². The van der Waals surface area contributed by atoms with Crippen LogP contribution >= 0.6 is 46.4 Å². The minimum Gasteiger partial charge on any atom is -0.487 e. The van der Waals surface area contributed by atoms with E-state index in [-0.39, 0.29) is 22.4 Å².